The normalized spacial score (nSPS) is 33.4. The van der Waals surface area contributed by atoms with E-state index < -0.39 is 0 Å². The zero-order chi connectivity index (χ0) is 18.1. The number of primary amides is 1. The van der Waals surface area contributed by atoms with Gasteiger partial charge in [-0.15, -0.1) is 12.4 Å². The molecule has 2 aliphatic heterocycles. The van der Waals surface area contributed by atoms with Gasteiger partial charge in [0.1, 0.15) is 5.60 Å². The maximum absolute atomic E-state index is 11.7. The average Bonchev–Trinajstić information content (AvgIpc) is 3.14. The number of nitrogens with two attached hydrogens (primary N) is 1. The molecule has 3 atom stereocenters. The Hall–Kier alpha value is -1.14. The van der Waals surface area contributed by atoms with Gasteiger partial charge in [0.25, 0.3) is 0 Å². The van der Waals surface area contributed by atoms with Crippen molar-refractivity contribution < 1.29 is 14.3 Å². The first-order valence-corrected chi connectivity index (χ1v) is 9.89. The topological polar surface area (TPSA) is 64.8 Å². The standard InChI is InChI=1S/C21H30N2O3.ClH/c1-25-21(17-5-2-4-16(10-17)20(22)24)18-6-3-7-19(21)13-23(12-18)11-15-8-9-26-14-15;/h2,4-5,10,15,18-19H,3,6-9,11-14H2,1H3,(H2,22,24);1H/t15-,18?,19?,21?;/m0./s1. The number of likely N-dealkylation sites (tertiary alicyclic amines) is 1. The van der Waals surface area contributed by atoms with Crippen molar-refractivity contribution in [3.8, 4) is 0 Å². The van der Waals surface area contributed by atoms with Gasteiger partial charge in [0.2, 0.25) is 5.91 Å². The van der Waals surface area contributed by atoms with Gasteiger partial charge in [0, 0.05) is 50.8 Å². The molecule has 3 fully saturated rings. The van der Waals surface area contributed by atoms with E-state index in [0.29, 0.717) is 23.3 Å². The number of hydrogen-bond acceptors (Lipinski definition) is 4. The van der Waals surface area contributed by atoms with Crippen molar-refractivity contribution in [1.29, 1.82) is 0 Å². The summed E-state index contributed by atoms with van der Waals surface area (Å²) in [6.07, 6.45) is 4.78. The highest BCUT2D eigenvalue weighted by Crippen LogP contribution is 2.51. The molecule has 150 valence electrons. The minimum atomic E-state index is -0.373. The molecule has 2 heterocycles. The molecular formula is C21H31ClN2O3. The van der Waals surface area contributed by atoms with Crippen LogP contribution in [0, 0.1) is 17.8 Å². The highest BCUT2D eigenvalue weighted by atomic mass is 35.5. The summed E-state index contributed by atoms with van der Waals surface area (Å²) in [6.45, 7) is 5.06. The first kappa shape index (κ1) is 20.6. The van der Waals surface area contributed by atoms with Crippen LogP contribution in [0.5, 0.6) is 0 Å². The van der Waals surface area contributed by atoms with E-state index in [0.717, 1.165) is 38.4 Å². The lowest BCUT2D eigenvalue weighted by molar-refractivity contribution is -0.170. The first-order chi connectivity index (χ1) is 12.6. The Morgan fingerprint density at radius 1 is 1.30 bits per heavy atom. The van der Waals surface area contributed by atoms with Crippen LogP contribution in [0.15, 0.2) is 24.3 Å². The SMILES string of the molecule is COC1(c2cccc(C(N)=O)c2)C2CCCC1CN(C[C@@H]1CCOC1)C2.Cl. The van der Waals surface area contributed by atoms with Gasteiger partial charge >= 0.3 is 0 Å². The molecule has 4 rings (SSSR count). The number of nitrogens with zero attached hydrogens (tertiary/aromatic N) is 1. The van der Waals surface area contributed by atoms with Crippen molar-refractivity contribution in [2.45, 2.75) is 31.3 Å². The molecule has 1 amide bonds. The maximum Gasteiger partial charge on any atom is 0.248 e. The van der Waals surface area contributed by atoms with Gasteiger partial charge in [-0.3, -0.25) is 4.79 Å². The van der Waals surface area contributed by atoms with Crippen molar-refractivity contribution in [2.75, 3.05) is 40.0 Å². The fourth-order valence-electron chi connectivity index (χ4n) is 5.60. The van der Waals surface area contributed by atoms with E-state index in [1.54, 1.807) is 6.07 Å². The van der Waals surface area contributed by atoms with Crippen molar-refractivity contribution in [3.05, 3.63) is 35.4 Å². The van der Waals surface area contributed by atoms with Gasteiger partial charge < -0.3 is 20.1 Å². The Morgan fingerprint density at radius 3 is 2.63 bits per heavy atom. The minimum Gasteiger partial charge on any atom is -0.381 e. The second-order valence-corrected chi connectivity index (χ2v) is 8.22. The number of halogens is 1. The molecule has 1 aromatic carbocycles. The molecule has 2 bridgehead atoms. The molecule has 0 aromatic heterocycles. The molecule has 2 saturated heterocycles. The molecule has 0 radical (unpaired) electrons. The van der Waals surface area contributed by atoms with E-state index in [2.05, 4.69) is 11.0 Å². The van der Waals surface area contributed by atoms with Crippen molar-refractivity contribution in [1.82, 2.24) is 4.90 Å². The van der Waals surface area contributed by atoms with Gasteiger partial charge in [0.05, 0.1) is 6.61 Å². The van der Waals surface area contributed by atoms with Crippen LogP contribution in [0.2, 0.25) is 0 Å². The summed E-state index contributed by atoms with van der Waals surface area (Å²) < 4.78 is 11.8. The number of ether oxygens (including phenoxy) is 2. The van der Waals surface area contributed by atoms with E-state index >= 15 is 0 Å². The Bertz CT molecular complexity index is 649. The summed E-state index contributed by atoms with van der Waals surface area (Å²) in [5.41, 5.74) is 6.92. The Balaban J connectivity index is 0.00000210. The monoisotopic (exact) mass is 394 g/mol. The summed E-state index contributed by atoms with van der Waals surface area (Å²) >= 11 is 0. The van der Waals surface area contributed by atoms with Gasteiger partial charge in [-0.2, -0.15) is 0 Å². The van der Waals surface area contributed by atoms with Gasteiger partial charge in [0.15, 0.2) is 0 Å². The number of carbonyl (C=O) groups excluding carboxylic acids is 1. The lowest BCUT2D eigenvalue weighted by Gasteiger charge is -2.55. The predicted octanol–water partition coefficient (Wildman–Crippen LogP) is 2.82. The van der Waals surface area contributed by atoms with Crippen LogP contribution in [0.25, 0.3) is 0 Å². The van der Waals surface area contributed by atoms with Crippen LogP contribution < -0.4 is 5.73 Å². The fraction of sp³-hybridized carbons (Fsp3) is 0.667. The molecule has 1 aromatic rings. The number of hydrogen-bond donors (Lipinski definition) is 1. The zero-order valence-corrected chi connectivity index (χ0v) is 16.9. The van der Waals surface area contributed by atoms with Crippen molar-refractivity contribution in [2.24, 2.45) is 23.5 Å². The molecule has 1 aliphatic carbocycles. The van der Waals surface area contributed by atoms with Crippen LogP contribution in [-0.4, -0.2) is 50.8 Å². The smallest absolute Gasteiger partial charge is 0.248 e. The van der Waals surface area contributed by atoms with Gasteiger partial charge in [-0.25, -0.2) is 0 Å². The zero-order valence-electron chi connectivity index (χ0n) is 16.1. The molecular weight excluding hydrogens is 364 g/mol. The molecule has 1 saturated carbocycles. The number of carbonyl (C=O) groups is 1. The lowest BCUT2D eigenvalue weighted by Crippen LogP contribution is -2.59. The molecule has 2 unspecified atom stereocenters. The molecule has 27 heavy (non-hydrogen) atoms. The fourth-order valence-corrected chi connectivity index (χ4v) is 5.60. The third-order valence-corrected chi connectivity index (χ3v) is 6.75. The second kappa shape index (κ2) is 8.48. The van der Waals surface area contributed by atoms with Crippen LogP contribution >= 0.6 is 12.4 Å². The summed E-state index contributed by atoms with van der Waals surface area (Å²) in [5, 5.41) is 0. The number of amides is 1. The van der Waals surface area contributed by atoms with Crippen molar-refractivity contribution in [3.63, 3.8) is 0 Å². The number of fused-ring (bicyclic) bond motifs is 2. The Morgan fingerprint density at radius 2 is 2.04 bits per heavy atom. The Labute approximate surface area is 168 Å². The van der Waals surface area contributed by atoms with E-state index in [1.165, 1.54) is 25.7 Å². The van der Waals surface area contributed by atoms with E-state index in [1.807, 2.05) is 19.2 Å². The summed E-state index contributed by atoms with van der Waals surface area (Å²) in [7, 11) is 1.84. The maximum atomic E-state index is 11.7. The third kappa shape index (κ3) is 3.75. The largest absolute Gasteiger partial charge is 0.381 e. The van der Waals surface area contributed by atoms with Crippen LogP contribution in [0.1, 0.15) is 41.6 Å². The van der Waals surface area contributed by atoms with E-state index in [4.69, 9.17) is 15.2 Å². The molecule has 3 aliphatic rings. The Kier molecular flexibility index (Phi) is 6.46. The molecule has 2 N–H and O–H groups in total. The predicted molar refractivity (Wildman–Crippen MR) is 107 cm³/mol. The van der Waals surface area contributed by atoms with E-state index in [9.17, 15) is 4.79 Å². The third-order valence-electron chi connectivity index (χ3n) is 6.75. The number of benzene rings is 1. The van der Waals surface area contributed by atoms with Crippen LogP contribution in [-0.2, 0) is 15.1 Å². The molecule has 6 heteroatoms. The highest BCUT2D eigenvalue weighted by molar-refractivity contribution is 5.92. The highest BCUT2D eigenvalue weighted by Gasteiger charge is 2.53. The van der Waals surface area contributed by atoms with Crippen LogP contribution in [0.4, 0.5) is 0 Å². The summed E-state index contributed by atoms with van der Waals surface area (Å²) in [6, 6.07) is 7.80. The van der Waals surface area contributed by atoms with Crippen molar-refractivity contribution >= 4 is 18.3 Å². The average molecular weight is 395 g/mol. The number of methoxy groups -OCH3 is 1. The first-order valence-electron chi connectivity index (χ1n) is 9.89. The minimum absolute atomic E-state index is 0. The number of piperidine rings is 1. The summed E-state index contributed by atoms with van der Waals surface area (Å²) in [4.78, 5) is 14.3. The molecule has 5 nitrogen and oxygen atoms in total. The van der Waals surface area contributed by atoms with Gasteiger partial charge in [-0.1, -0.05) is 18.6 Å². The second-order valence-electron chi connectivity index (χ2n) is 8.22. The number of rotatable bonds is 5. The molecule has 0 spiro atoms. The van der Waals surface area contributed by atoms with Crippen LogP contribution in [0.3, 0.4) is 0 Å². The van der Waals surface area contributed by atoms with E-state index in [-0.39, 0.29) is 23.9 Å². The summed E-state index contributed by atoms with van der Waals surface area (Å²) in [5.74, 6) is 1.20. The lowest BCUT2D eigenvalue weighted by atomic mass is 9.62. The van der Waals surface area contributed by atoms with Gasteiger partial charge in [-0.05, 0) is 42.9 Å². The quantitative estimate of drug-likeness (QED) is 0.834.